The second kappa shape index (κ2) is 9.86. The van der Waals surface area contributed by atoms with Crippen LogP contribution in [0.3, 0.4) is 0 Å². The molecule has 0 atom stereocenters. The summed E-state index contributed by atoms with van der Waals surface area (Å²) in [6.45, 7) is 3.41. The molecule has 3 rings (SSSR count). The number of sulfonamides is 1. The number of thiophene rings is 1. The quantitative estimate of drug-likeness (QED) is 0.502. The van der Waals surface area contributed by atoms with Crippen molar-refractivity contribution in [3.8, 4) is 0 Å². The number of carbonyl (C=O) groups is 2. The number of carbonyl (C=O) groups excluding carboxylic acids is 2. The van der Waals surface area contributed by atoms with Crippen molar-refractivity contribution in [1.29, 1.82) is 0 Å². The zero-order chi connectivity index (χ0) is 22.4. The Bertz CT molecular complexity index is 1170. The molecule has 0 saturated carbocycles. The van der Waals surface area contributed by atoms with Crippen molar-refractivity contribution in [1.82, 2.24) is 4.72 Å². The summed E-state index contributed by atoms with van der Waals surface area (Å²) < 4.78 is 32.6. The lowest BCUT2D eigenvalue weighted by atomic mass is 10.1. The van der Waals surface area contributed by atoms with E-state index in [-0.39, 0.29) is 17.0 Å². The van der Waals surface area contributed by atoms with Gasteiger partial charge in [-0.25, -0.2) is 17.9 Å². The number of esters is 1. The topological polar surface area (TPSA) is 102 Å². The van der Waals surface area contributed by atoms with Gasteiger partial charge in [-0.1, -0.05) is 30.3 Å². The maximum atomic E-state index is 12.5. The molecule has 1 amide bonds. The molecule has 0 aliphatic carbocycles. The van der Waals surface area contributed by atoms with E-state index in [0.717, 1.165) is 16.0 Å². The number of hydrogen-bond donors (Lipinski definition) is 2. The van der Waals surface area contributed by atoms with Crippen LogP contribution in [0.2, 0.25) is 0 Å². The number of benzene rings is 2. The van der Waals surface area contributed by atoms with E-state index in [4.69, 9.17) is 4.74 Å². The third kappa shape index (κ3) is 6.00. The summed E-state index contributed by atoms with van der Waals surface area (Å²) in [6, 6.07) is 14.8. The van der Waals surface area contributed by atoms with Crippen LogP contribution in [-0.2, 0) is 26.1 Å². The van der Waals surface area contributed by atoms with E-state index in [1.54, 1.807) is 0 Å². The molecule has 0 unspecified atom stereocenters. The first-order valence-electron chi connectivity index (χ1n) is 9.41. The van der Waals surface area contributed by atoms with Crippen LogP contribution in [0.4, 0.5) is 5.69 Å². The predicted molar refractivity (Wildman–Crippen MR) is 120 cm³/mol. The summed E-state index contributed by atoms with van der Waals surface area (Å²) in [4.78, 5) is 25.3. The summed E-state index contributed by atoms with van der Waals surface area (Å²) >= 11 is 1.44. The standard InChI is InChI=1S/C22H22N2O5S2/c1-15-6-3-7-16(2)21(15)24-20(25)14-29-22(26)17-8-4-10-19(12-17)31(27,28)23-13-18-9-5-11-30-18/h3-12,23H,13-14H2,1-2H3,(H,24,25). The molecule has 0 bridgehead atoms. The lowest BCUT2D eigenvalue weighted by Crippen LogP contribution is -2.24. The monoisotopic (exact) mass is 458 g/mol. The van der Waals surface area contributed by atoms with Crippen molar-refractivity contribution in [3.05, 3.63) is 81.5 Å². The minimum Gasteiger partial charge on any atom is -0.452 e. The van der Waals surface area contributed by atoms with Crippen LogP contribution in [0.25, 0.3) is 0 Å². The van der Waals surface area contributed by atoms with Crippen LogP contribution in [0.5, 0.6) is 0 Å². The molecule has 162 valence electrons. The Balaban J connectivity index is 1.61. The Hall–Kier alpha value is -3.01. The van der Waals surface area contributed by atoms with Gasteiger partial charge in [0, 0.05) is 17.1 Å². The number of anilines is 1. The summed E-state index contributed by atoms with van der Waals surface area (Å²) in [5.41, 5.74) is 2.51. The maximum absolute atomic E-state index is 12.5. The molecule has 0 aliphatic heterocycles. The fourth-order valence-electron chi connectivity index (χ4n) is 2.85. The molecular weight excluding hydrogens is 436 g/mol. The molecule has 2 N–H and O–H groups in total. The Morgan fingerprint density at radius 1 is 1.00 bits per heavy atom. The molecule has 9 heteroatoms. The highest BCUT2D eigenvalue weighted by Crippen LogP contribution is 2.19. The molecule has 0 aliphatic rings. The second-order valence-electron chi connectivity index (χ2n) is 6.82. The summed E-state index contributed by atoms with van der Waals surface area (Å²) in [7, 11) is -3.80. The van der Waals surface area contributed by atoms with E-state index in [2.05, 4.69) is 10.0 Å². The number of hydrogen-bond acceptors (Lipinski definition) is 6. The Morgan fingerprint density at radius 2 is 1.71 bits per heavy atom. The van der Waals surface area contributed by atoms with Gasteiger partial charge in [0.1, 0.15) is 0 Å². The first-order chi connectivity index (χ1) is 14.8. The van der Waals surface area contributed by atoms with Crippen molar-refractivity contribution < 1.29 is 22.7 Å². The lowest BCUT2D eigenvalue weighted by Gasteiger charge is -2.12. The molecule has 3 aromatic rings. The third-order valence-corrected chi connectivity index (χ3v) is 6.75. The fourth-order valence-corrected chi connectivity index (χ4v) is 4.64. The molecule has 7 nitrogen and oxygen atoms in total. The molecular formula is C22H22N2O5S2. The van der Waals surface area contributed by atoms with Crippen LogP contribution < -0.4 is 10.0 Å². The van der Waals surface area contributed by atoms with Gasteiger partial charge >= 0.3 is 5.97 Å². The Kier molecular flexibility index (Phi) is 7.21. The first kappa shape index (κ1) is 22.7. The van der Waals surface area contributed by atoms with Gasteiger partial charge in [-0.05, 0) is 54.6 Å². The van der Waals surface area contributed by atoms with E-state index in [9.17, 15) is 18.0 Å². The molecule has 1 heterocycles. The van der Waals surface area contributed by atoms with Gasteiger partial charge in [0.2, 0.25) is 10.0 Å². The SMILES string of the molecule is Cc1cccc(C)c1NC(=O)COC(=O)c1cccc(S(=O)(=O)NCc2cccs2)c1. The smallest absolute Gasteiger partial charge is 0.338 e. The Morgan fingerprint density at radius 3 is 2.39 bits per heavy atom. The van der Waals surface area contributed by atoms with Crippen molar-refractivity contribution in [2.75, 3.05) is 11.9 Å². The van der Waals surface area contributed by atoms with E-state index in [1.165, 1.54) is 35.6 Å². The molecule has 0 radical (unpaired) electrons. The highest BCUT2D eigenvalue weighted by atomic mass is 32.2. The number of rotatable bonds is 8. The van der Waals surface area contributed by atoms with Crippen LogP contribution in [0.15, 0.2) is 64.9 Å². The van der Waals surface area contributed by atoms with Crippen molar-refractivity contribution in [2.45, 2.75) is 25.3 Å². The van der Waals surface area contributed by atoms with E-state index in [0.29, 0.717) is 5.69 Å². The van der Waals surface area contributed by atoms with Crippen molar-refractivity contribution >= 4 is 38.9 Å². The lowest BCUT2D eigenvalue weighted by molar-refractivity contribution is -0.119. The van der Waals surface area contributed by atoms with E-state index >= 15 is 0 Å². The molecule has 0 saturated heterocycles. The van der Waals surface area contributed by atoms with Crippen LogP contribution in [0.1, 0.15) is 26.4 Å². The summed E-state index contributed by atoms with van der Waals surface area (Å²) in [6.07, 6.45) is 0. The van der Waals surface area contributed by atoms with Gasteiger partial charge in [-0.3, -0.25) is 4.79 Å². The van der Waals surface area contributed by atoms with Gasteiger partial charge in [0.05, 0.1) is 10.5 Å². The second-order valence-corrected chi connectivity index (χ2v) is 9.62. The molecule has 31 heavy (non-hydrogen) atoms. The molecule has 0 fully saturated rings. The first-order valence-corrected chi connectivity index (χ1v) is 11.8. The average Bonchev–Trinajstić information content (AvgIpc) is 3.27. The minimum atomic E-state index is -3.80. The number of aryl methyl sites for hydroxylation is 2. The summed E-state index contributed by atoms with van der Waals surface area (Å²) in [5.74, 6) is -1.26. The van der Waals surface area contributed by atoms with Gasteiger partial charge in [-0.15, -0.1) is 11.3 Å². The third-order valence-electron chi connectivity index (χ3n) is 4.48. The predicted octanol–water partition coefficient (Wildman–Crippen LogP) is 3.64. The molecule has 1 aromatic heterocycles. The van der Waals surface area contributed by atoms with E-state index < -0.39 is 28.5 Å². The normalized spacial score (nSPS) is 11.2. The van der Waals surface area contributed by atoms with Crippen molar-refractivity contribution in [3.63, 3.8) is 0 Å². The van der Waals surface area contributed by atoms with Gasteiger partial charge in [0.25, 0.3) is 5.91 Å². The Labute approximate surface area is 185 Å². The minimum absolute atomic E-state index is 0.0406. The summed E-state index contributed by atoms with van der Waals surface area (Å²) in [5, 5.41) is 4.59. The van der Waals surface area contributed by atoms with E-state index in [1.807, 2.05) is 49.6 Å². The zero-order valence-electron chi connectivity index (χ0n) is 17.0. The maximum Gasteiger partial charge on any atom is 0.338 e. The van der Waals surface area contributed by atoms with Gasteiger partial charge in [-0.2, -0.15) is 0 Å². The number of amides is 1. The highest BCUT2D eigenvalue weighted by Gasteiger charge is 2.18. The largest absolute Gasteiger partial charge is 0.452 e. The van der Waals surface area contributed by atoms with Gasteiger partial charge < -0.3 is 10.1 Å². The zero-order valence-corrected chi connectivity index (χ0v) is 18.7. The van der Waals surface area contributed by atoms with Crippen LogP contribution in [0, 0.1) is 13.8 Å². The van der Waals surface area contributed by atoms with Crippen LogP contribution >= 0.6 is 11.3 Å². The molecule has 0 spiro atoms. The van der Waals surface area contributed by atoms with Gasteiger partial charge in [0.15, 0.2) is 6.61 Å². The number of para-hydroxylation sites is 1. The number of ether oxygens (including phenoxy) is 1. The fraction of sp³-hybridized carbons (Fsp3) is 0.182. The average molecular weight is 459 g/mol. The molecule has 2 aromatic carbocycles. The van der Waals surface area contributed by atoms with Crippen LogP contribution in [-0.4, -0.2) is 26.9 Å². The number of nitrogens with one attached hydrogen (secondary N) is 2. The van der Waals surface area contributed by atoms with Crippen molar-refractivity contribution in [2.24, 2.45) is 0 Å². The highest BCUT2D eigenvalue weighted by molar-refractivity contribution is 7.89.